The minimum atomic E-state index is -0.366. The first-order valence-corrected chi connectivity index (χ1v) is 10.1. The maximum absolute atomic E-state index is 11.8. The van der Waals surface area contributed by atoms with E-state index in [2.05, 4.69) is 21.2 Å². The van der Waals surface area contributed by atoms with E-state index in [0.717, 1.165) is 14.9 Å². The average Bonchev–Trinajstić information content (AvgIpc) is 2.58. The summed E-state index contributed by atoms with van der Waals surface area (Å²) in [5.74, 6) is 0.210. The number of halogens is 1. The number of aryl methyl sites for hydroxylation is 1. The van der Waals surface area contributed by atoms with Crippen LogP contribution in [0.25, 0.3) is 0 Å². The van der Waals surface area contributed by atoms with Crippen LogP contribution in [0.1, 0.15) is 37.7 Å². The average molecular weight is 414 g/mol. The van der Waals surface area contributed by atoms with E-state index < -0.39 is 0 Å². The standard InChI is InChI=1S/C18H24BrNO3S/c1-13-9-15(19)7-8-16(13)24-12-18(22)23-11-17(21)20-10-14-5-3-2-4-6-14/h7-9,14H,2-6,10-12H2,1H3,(H,20,21). The molecule has 0 unspecified atom stereocenters. The molecule has 132 valence electrons. The van der Waals surface area contributed by atoms with Gasteiger partial charge in [-0.05, 0) is 49.4 Å². The van der Waals surface area contributed by atoms with Crippen molar-refractivity contribution in [1.29, 1.82) is 0 Å². The third kappa shape index (κ3) is 6.85. The van der Waals surface area contributed by atoms with Gasteiger partial charge in [0.25, 0.3) is 5.91 Å². The summed E-state index contributed by atoms with van der Waals surface area (Å²) in [7, 11) is 0. The van der Waals surface area contributed by atoms with Crippen LogP contribution in [-0.4, -0.2) is 30.8 Å². The molecule has 24 heavy (non-hydrogen) atoms. The van der Waals surface area contributed by atoms with Crippen LogP contribution in [0.15, 0.2) is 27.6 Å². The second-order valence-electron chi connectivity index (χ2n) is 6.17. The highest BCUT2D eigenvalue weighted by molar-refractivity contribution is 9.10. The molecule has 0 aromatic heterocycles. The van der Waals surface area contributed by atoms with Crippen LogP contribution in [-0.2, 0) is 14.3 Å². The van der Waals surface area contributed by atoms with E-state index >= 15 is 0 Å². The Kier molecular flexibility index (Phi) is 8.12. The van der Waals surface area contributed by atoms with Gasteiger partial charge in [-0.15, -0.1) is 11.8 Å². The maximum Gasteiger partial charge on any atom is 0.316 e. The van der Waals surface area contributed by atoms with Crippen molar-refractivity contribution in [1.82, 2.24) is 5.32 Å². The molecule has 0 atom stereocenters. The Bertz CT molecular complexity index is 573. The van der Waals surface area contributed by atoms with Crippen LogP contribution < -0.4 is 5.32 Å². The molecule has 0 spiro atoms. The lowest BCUT2D eigenvalue weighted by Crippen LogP contribution is -2.33. The number of ether oxygens (including phenoxy) is 1. The molecule has 1 aliphatic rings. The number of hydrogen-bond acceptors (Lipinski definition) is 4. The minimum absolute atomic E-state index is 0.189. The second-order valence-corrected chi connectivity index (χ2v) is 8.10. The fraction of sp³-hybridized carbons (Fsp3) is 0.556. The van der Waals surface area contributed by atoms with Crippen molar-refractivity contribution >= 4 is 39.6 Å². The third-order valence-corrected chi connectivity index (χ3v) is 5.80. The Morgan fingerprint density at radius 2 is 2.04 bits per heavy atom. The van der Waals surface area contributed by atoms with Gasteiger partial charge in [0.2, 0.25) is 0 Å². The zero-order chi connectivity index (χ0) is 17.4. The maximum atomic E-state index is 11.8. The van der Waals surface area contributed by atoms with Gasteiger partial charge < -0.3 is 10.1 Å². The molecular formula is C18H24BrNO3S. The molecule has 1 aromatic rings. The smallest absolute Gasteiger partial charge is 0.316 e. The molecule has 2 rings (SSSR count). The summed E-state index contributed by atoms with van der Waals surface area (Å²) in [6.45, 7) is 2.51. The molecule has 0 saturated heterocycles. The van der Waals surface area contributed by atoms with Gasteiger partial charge in [-0.25, -0.2) is 0 Å². The molecule has 6 heteroatoms. The molecule has 0 bridgehead atoms. The number of rotatable bonds is 7. The summed E-state index contributed by atoms with van der Waals surface area (Å²) >= 11 is 4.84. The van der Waals surface area contributed by atoms with Crippen molar-refractivity contribution in [3.8, 4) is 0 Å². The zero-order valence-corrected chi connectivity index (χ0v) is 16.4. The van der Waals surface area contributed by atoms with Gasteiger partial charge >= 0.3 is 5.97 Å². The van der Waals surface area contributed by atoms with Crippen molar-refractivity contribution in [2.24, 2.45) is 5.92 Å². The molecule has 1 N–H and O–H groups in total. The van der Waals surface area contributed by atoms with E-state index in [9.17, 15) is 9.59 Å². The Hall–Kier alpha value is -1.01. The zero-order valence-electron chi connectivity index (χ0n) is 14.0. The number of nitrogens with one attached hydrogen (secondary N) is 1. The number of carbonyl (C=O) groups is 2. The Labute approximate surface area is 156 Å². The molecule has 0 heterocycles. The van der Waals surface area contributed by atoms with Crippen molar-refractivity contribution < 1.29 is 14.3 Å². The molecule has 0 aliphatic heterocycles. The van der Waals surface area contributed by atoms with Crippen molar-refractivity contribution in [3.05, 3.63) is 28.2 Å². The fourth-order valence-corrected chi connectivity index (χ4v) is 4.08. The predicted molar refractivity (Wildman–Crippen MR) is 100 cm³/mol. The van der Waals surface area contributed by atoms with E-state index in [-0.39, 0.29) is 24.2 Å². The van der Waals surface area contributed by atoms with Crippen LogP contribution in [0.2, 0.25) is 0 Å². The molecule has 1 fully saturated rings. The van der Waals surface area contributed by atoms with Crippen molar-refractivity contribution in [2.75, 3.05) is 18.9 Å². The van der Waals surface area contributed by atoms with Gasteiger partial charge in [-0.3, -0.25) is 9.59 Å². The van der Waals surface area contributed by atoms with Gasteiger partial charge in [0.1, 0.15) is 0 Å². The van der Waals surface area contributed by atoms with Crippen LogP contribution in [0, 0.1) is 12.8 Å². The molecule has 1 saturated carbocycles. The highest BCUT2D eigenvalue weighted by Gasteiger charge is 2.15. The molecule has 0 radical (unpaired) electrons. The summed E-state index contributed by atoms with van der Waals surface area (Å²) in [6, 6.07) is 5.92. The summed E-state index contributed by atoms with van der Waals surface area (Å²) in [5, 5.41) is 2.87. The van der Waals surface area contributed by atoms with Gasteiger partial charge in [0.15, 0.2) is 6.61 Å². The Morgan fingerprint density at radius 3 is 2.75 bits per heavy atom. The Morgan fingerprint density at radius 1 is 1.29 bits per heavy atom. The number of esters is 1. The van der Waals surface area contributed by atoms with Gasteiger partial charge in [0, 0.05) is 15.9 Å². The Balaban J connectivity index is 1.62. The van der Waals surface area contributed by atoms with Crippen LogP contribution in [0.5, 0.6) is 0 Å². The lowest BCUT2D eigenvalue weighted by molar-refractivity contribution is -0.146. The summed E-state index contributed by atoms with van der Waals surface area (Å²) in [5.41, 5.74) is 1.10. The van der Waals surface area contributed by atoms with Gasteiger partial charge in [-0.2, -0.15) is 0 Å². The molecule has 1 aliphatic carbocycles. The predicted octanol–water partition coefficient (Wildman–Crippen LogP) is 4.09. The second kappa shape index (κ2) is 10.1. The summed E-state index contributed by atoms with van der Waals surface area (Å²) in [6.07, 6.45) is 6.18. The number of amides is 1. The van der Waals surface area contributed by atoms with Gasteiger partial charge in [0.05, 0.1) is 5.75 Å². The summed E-state index contributed by atoms with van der Waals surface area (Å²) in [4.78, 5) is 24.6. The van der Waals surface area contributed by atoms with Crippen LogP contribution >= 0.6 is 27.7 Å². The first-order chi connectivity index (χ1) is 11.5. The van der Waals surface area contributed by atoms with Crippen LogP contribution in [0.3, 0.4) is 0 Å². The SMILES string of the molecule is Cc1cc(Br)ccc1SCC(=O)OCC(=O)NCC1CCCCC1. The van der Waals surface area contributed by atoms with E-state index in [0.29, 0.717) is 12.5 Å². The van der Waals surface area contributed by atoms with Crippen molar-refractivity contribution in [2.45, 2.75) is 43.9 Å². The lowest BCUT2D eigenvalue weighted by atomic mass is 9.89. The molecule has 1 amide bonds. The number of thioether (sulfide) groups is 1. The highest BCUT2D eigenvalue weighted by atomic mass is 79.9. The first-order valence-electron chi connectivity index (χ1n) is 8.36. The van der Waals surface area contributed by atoms with E-state index in [1.165, 1.54) is 43.9 Å². The topological polar surface area (TPSA) is 55.4 Å². The molecular weight excluding hydrogens is 390 g/mol. The number of benzene rings is 1. The number of carbonyl (C=O) groups excluding carboxylic acids is 2. The largest absolute Gasteiger partial charge is 0.455 e. The van der Waals surface area contributed by atoms with E-state index in [1.807, 2.05) is 25.1 Å². The monoisotopic (exact) mass is 413 g/mol. The summed E-state index contributed by atoms with van der Waals surface area (Å²) < 4.78 is 6.06. The molecule has 1 aromatic carbocycles. The lowest BCUT2D eigenvalue weighted by Gasteiger charge is -2.21. The van der Waals surface area contributed by atoms with E-state index in [1.54, 1.807) is 0 Å². The normalized spacial score (nSPS) is 15.1. The fourth-order valence-electron chi connectivity index (χ4n) is 2.80. The molecule has 4 nitrogen and oxygen atoms in total. The van der Waals surface area contributed by atoms with Crippen molar-refractivity contribution in [3.63, 3.8) is 0 Å². The minimum Gasteiger partial charge on any atom is -0.455 e. The quantitative estimate of drug-likeness (QED) is 0.540. The number of hydrogen-bond donors (Lipinski definition) is 1. The van der Waals surface area contributed by atoms with E-state index in [4.69, 9.17) is 4.74 Å². The van der Waals surface area contributed by atoms with Gasteiger partial charge in [-0.1, -0.05) is 35.2 Å². The highest BCUT2D eigenvalue weighted by Crippen LogP contribution is 2.25. The first kappa shape index (κ1) is 19.3. The third-order valence-electron chi connectivity index (χ3n) is 4.16. The van der Waals surface area contributed by atoms with Crippen LogP contribution in [0.4, 0.5) is 0 Å².